The van der Waals surface area contributed by atoms with Crippen molar-refractivity contribution in [2.75, 3.05) is 6.61 Å². The fourth-order valence-electron chi connectivity index (χ4n) is 2.99. The smallest absolute Gasteiger partial charge is 0.357 e. The van der Waals surface area contributed by atoms with E-state index in [9.17, 15) is 9.59 Å². The quantitative estimate of drug-likeness (QED) is 0.830. The first-order valence-corrected chi connectivity index (χ1v) is 8.68. The van der Waals surface area contributed by atoms with Gasteiger partial charge in [0.05, 0.1) is 12.6 Å². The van der Waals surface area contributed by atoms with Crippen molar-refractivity contribution >= 4 is 11.9 Å². The molecule has 2 atom stereocenters. The van der Waals surface area contributed by atoms with Gasteiger partial charge in [0, 0.05) is 25.2 Å². The van der Waals surface area contributed by atoms with Crippen LogP contribution in [-0.2, 0) is 16.6 Å². The van der Waals surface area contributed by atoms with Crippen LogP contribution in [0.4, 0.5) is 0 Å². The summed E-state index contributed by atoms with van der Waals surface area (Å²) in [6.07, 6.45) is 1.30. The minimum atomic E-state index is -0.882. The summed E-state index contributed by atoms with van der Waals surface area (Å²) in [7, 11) is 1.65. The van der Waals surface area contributed by atoms with Gasteiger partial charge in [0.1, 0.15) is 11.4 Å². The van der Waals surface area contributed by atoms with Gasteiger partial charge in [-0.3, -0.25) is 9.48 Å². The number of rotatable bonds is 5. The van der Waals surface area contributed by atoms with Gasteiger partial charge in [-0.2, -0.15) is 5.10 Å². The van der Waals surface area contributed by atoms with E-state index in [1.807, 2.05) is 38.1 Å². The molecule has 0 aliphatic carbocycles. The zero-order valence-electron chi connectivity index (χ0n) is 15.1. The molecule has 1 amide bonds. The molecule has 7 nitrogen and oxygen atoms in total. The SMILES string of the molecule is CC(C)[C@H](OC(=O)c1ccnn1C)C(=O)N[C@H]1CCOc2ccccc21. The monoisotopic (exact) mass is 357 g/mol. The maximum atomic E-state index is 12.8. The Hall–Kier alpha value is -2.83. The van der Waals surface area contributed by atoms with Crippen molar-refractivity contribution in [2.45, 2.75) is 32.4 Å². The molecule has 1 aliphatic heterocycles. The second-order valence-corrected chi connectivity index (χ2v) is 6.65. The molecule has 2 heterocycles. The predicted octanol–water partition coefficient (Wildman–Crippen LogP) is 2.24. The van der Waals surface area contributed by atoms with E-state index >= 15 is 0 Å². The maximum absolute atomic E-state index is 12.8. The molecule has 2 aromatic rings. The normalized spacial score (nSPS) is 17.2. The van der Waals surface area contributed by atoms with Gasteiger partial charge in [0.25, 0.3) is 5.91 Å². The molecule has 0 bridgehead atoms. The standard InChI is InChI=1S/C19H23N3O4/c1-12(2)17(26-19(24)15-8-10-20-22(15)3)18(23)21-14-9-11-25-16-7-5-4-6-13(14)16/h4-8,10,12,14,17H,9,11H2,1-3H3,(H,21,23)/t14-,17-/m0/s1. The molecule has 0 radical (unpaired) electrons. The van der Waals surface area contributed by atoms with Crippen molar-refractivity contribution < 1.29 is 19.1 Å². The van der Waals surface area contributed by atoms with Gasteiger partial charge in [0.15, 0.2) is 6.10 Å². The summed E-state index contributed by atoms with van der Waals surface area (Å²) in [6, 6.07) is 9.03. The van der Waals surface area contributed by atoms with Crippen molar-refractivity contribution in [3.63, 3.8) is 0 Å². The lowest BCUT2D eigenvalue weighted by Gasteiger charge is -2.29. The molecule has 0 unspecified atom stereocenters. The van der Waals surface area contributed by atoms with Crippen LogP contribution in [0.3, 0.4) is 0 Å². The summed E-state index contributed by atoms with van der Waals surface area (Å²) in [5.41, 5.74) is 1.24. The number of hydrogen-bond donors (Lipinski definition) is 1. The number of carbonyl (C=O) groups is 2. The molecule has 26 heavy (non-hydrogen) atoms. The number of para-hydroxylation sites is 1. The van der Waals surface area contributed by atoms with Gasteiger partial charge in [-0.25, -0.2) is 4.79 Å². The van der Waals surface area contributed by atoms with Crippen LogP contribution in [0.5, 0.6) is 5.75 Å². The average Bonchev–Trinajstić information content (AvgIpc) is 3.05. The highest BCUT2D eigenvalue weighted by Crippen LogP contribution is 2.31. The summed E-state index contributed by atoms with van der Waals surface area (Å²) >= 11 is 0. The third-order valence-electron chi connectivity index (χ3n) is 4.40. The lowest BCUT2D eigenvalue weighted by molar-refractivity contribution is -0.133. The first-order chi connectivity index (χ1) is 12.5. The first-order valence-electron chi connectivity index (χ1n) is 8.68. The van der Waals surface area contributed by atoms with Crippen LogP contribution in [0.2, 0.25) is 0 Å². The Bertz CT molecular complexity index is 800. The molecule has 1 aromatic heterocycles. The van der Waals surface area contributed by atoms with Crippen LogP contribution >= 0.6 is 0 Å². The largest absolute Gasteiger partial charge is 0.493 e. The highest BCUT2D eigenvalue weighted by Gasteiger charge is 2.31. The average molecular weight is 357 g/mol. The van der Waals surface area contributed by atoms with E-state index in [0.29, 0.717) is 18.7 Å². The van der Waals surface area contributed by atoms with Gasteiger partial charge < -0.3 is 14.8 Å². The van der Waals surface area contributed by atoms with E-state index < -0.39 is 12.1 Å². The highest BCUT2D eigenvalue weighted by atomic mass is 16.5. The molecule has 0 spiro atoms. The van der Waals surface area contributed by atoms with E-state index in [2.05, 4.69) is 10.4 Å². The lowest BCUT2D eigenvalue weighted by Crippen LogP contribution is -2.43. The fraction of sp³-hybridized carbons (Fsp3) is 0.421. The molecular formula is C19H23N3O4. The first kappa shape index (κ1) is 18.0. The molecule has 138 valence electrons. The minimum absolute atomic E-state index is 0.163. The Morgan fingerprint density at radius 2 is 2.08 bits per heavy atom. The Labute approximate surface area is 152 Å². The molecular weight excluding hydrogens is 334 g/mol. The number of esters is 1. The van der Waals surface area contributed by atoms with Crippen molar-refractivity contribution in [3.8, 4) is 5.75 Å². The maximum Gasteiger partial charge on any atom is 0.357 e. The molecule has 1 N–H and O–H groups in total. The number of carbonyl (C=O) groups excluding carboxylic acids is 2. The lowest BCUT2D eigenvalue weighted by atomic mass is 9.99. The van der Waals surface area contributed by atoms with Crippen LogP contribution < -0.4 is 10.1 Å². The summed E-state index contributed by atoms with van der Waals surface area (Å²) < 4.78 is 12.5. The Morgan fingerprint density at radius 1 is 1.31 bits per heavy atom. The highest BCUT2D eigenvalue weighted by molar-refractivity contribution is 5.91. The number of amides is 1. The number of nitrogens with one attached hydrogen (secondary N) is 1. The second kappa shape index (κ2) is 7.59. The summed E-state index contributed by atoms with van der Waals surface area (Å²) in [4.78, 5) is 25.2. The Kier molecular flexibility index (Phi) is 5.25. The zero-order valence-corrected chi connectivity index (χ0v) is 15.1. The van der Waals surface area contributed by atoms with Gasteiger partial charge in [-0.15, -0.1) is 0 Å². The van der Waals surface area contributed by atoms with Gasteiger partial charge >= 0.3 is 5.97 Å². The van der Waals surface area contributed by atoms with Crippen LogP contribution in [-0.4, -0.2) is 34.4 Å². The Morgan fingerprint density at radius 3 is 2.77 bits per heavy atom. The molecule has 1 aromatic carbocycles. The van der Waals surface area contributed by atoms with E-state index in [1.54, 1.807) is 13.1 Å². The van der Waals surface area contributed by atoms with Gasteiger partial charge in [-0.1, -0.05) is 32.0 Å². The molecule has 0 fully saturated rings. The van der Waals surface area contributed by atoms with Crippen LogP contribution in [0.1, 0.15) is 42.4 Å². The number of ether oxygens (including phenoxy) is 2. The molecule has 0 saturated heterocycles. The number of fused-ring (bicyclic) bond motifs is 1. The predicted molar refractivity (Wildman–Crippen MR) is 94.7 cm³/mol. The summed E-state index contributed by atoms with van der Waals surface area (Å²) in [5.74, 6) is -0.261. The second-order valence-electron chi connectivity index (χ2n) is 6.65. The third kappa shape index (κ3) is 3.71. The van der Waals surface area contributed by atoms with Crippen LogP contribution in [0, 0.1) is 5.92 Å². The number of nitrogens with zero attached hydrogens (tertiary/aromatic N) is 2. The van der Waals surface area contributed by atoms with Crippen molar-refractivity contribution in [1.82, 2.24) is 15.1 Å². The minimum Gasteiger partial charge on any atom is -0.493 e. The Balaban J connectivity index is 1.72. The number of aromatic nitrogens is 2. The van der Waals surface area contributed by atoms with Crippen molar-refractivity contribution in [1.29, 1.82) is 0 Å². The molecule has 1 aliphatic rings. The van der Waals surface area contributed by atoms with Crippen molar-refractivity contribution in [2.24, 2.45) is 13.0 Å². The van der Waals surface area contributed by atoms with E-state index in [0.717, 1.165) is 11.3 Å². The number of hydrogen-bond acceptors (Lipinski definition) is 5. The number of benzene rings is 1. The van der Waals surface area contributed by atoms with E-state index in [-0.39, 0.29) is 17.9 Å². The van der Waals surface area contributed by atoms with Crippen LogP contribution in [0.25, 0.3) is 0 Å². The third-order valence-corrected chi connectivity index (χ3v) is 4.40. The van der Waals surface area contributed by atoms with Crippen molar-refractivity contribution in [3.05, 3.63) is 47.8 Å². The topological polar surface area (TPSA) is 82.5 Å². The van der Waals surface area contributed by atoms with E-state index in [1.165, 1.54) is 10.9 Å². The zero-order chi connectivity index (χ0) is 18.7. The summed E-state index contributed by atoms with van der Waals surface area (Å²) in [6.45, 7) is 4.22. The van der Waals surface area contributed by atoms with Gasteiger partial charge in [-0.05, 0) is 18.1 Å². The fourth-order valence-corrected chi connectivity index (χ4v) is 2.99. The molecule has 3 rings (SSSR count). The molecule has 7 heteroatoms. The summed E-state index contributed by atoms with van der Waals surface area (Å²) in [5, 5.41) is 6.96. The van der Waals surface area contributed by atoms with Gasteiger partial charge in [0.2, 0.25) is 0 Å². The van der Waals surface area contributed by atoms with E-state index in [4.69, 9.17) is 9.47 Å². The number of aryl methyl sites for hydroxylation is 1. The van der Waals surface area contributed by atoms with Crippen LogP contribution in [0.15, 0.2) is 36.5 Å². The molecule has 0 saturated carbocycles.